The Labute approximate surface area is 229 Å². The summed E-state index contributed by atoms with van der Waals surface area (Å²) in [5.74, 6) is -1.29. The molecule has 0 saturated heterocycles. The van der Waals surface area contributed by atoms with Crippen molar-refractivity contribution in [2.75, 3.05) is 6.54 Å². The first-order valence-corrected chi connectivity index (χ1v) is 13.4. The first kappa shape index (κ1) is 24.5. The van der Waals surface area contributed by atoms with E-state index < -0.39 is 5.97 Å². The fourth-order valence-electron chi connectivity index (χ4n) is 6.97. The quantitative estimate of drug-likeness (QED) is 0.262. The van der Waals surface area contributed by atoms with Gasteiger partial charge in [-0.1, -0.05) is 36.4 Å². The molecule has 3 aliphatic rings. The van der Waals surface area contributed by atoms with Crippen molar-refractivity contribution in [1.29, 1.82) is 0 Å². The molecule has 5 aromatic rings. The summed E-state index contributed by atoms with van der Waals surface area (Å²) < 4.78 is 15.4. The number of hydrogen-bond acceptors (Lipinski definition) is 4. The number of carboxylic acid groups (broad SMARTS) is 1. The van der Waals surface area contributed by atoms with Crippen molar-refractivity contribution in [1.82, 2.24) is 20.1 Å². The number of carbonyl (C=O) groups is 2. The highest BCUT2D eigenvalue weighted by molar-refractivity contribution is 6.07. The SMILES string of the molecule is O=C(O)CC12CC(CNC(=O)c3cc(-c4ccc(F)cc4)cc4cnn(Cc5ccc6ccccc6n5)c34)(C1)C2. The molecule has 1 amide bonds. The number of para-hydroxylation sites is 1. The van der Waals surface area contributed by atoms with Gasteiger partial charge in [-0.15, -0.1) is 0 Å². The normalized spacial score (nSPS) is 21.1. The van der Waals surface area contributed by atoms with Crippen molar-refractivity contribution in [3.05, 3.63) is 96.1 Å². The number of nitrogens with one attached hydrogen (secondary N) is 1. The van der Waals surface area contributed by atoms with Gasteiger partial charge in [0.1, 0.15) is 5.82 Å². The standard InChI is InChI=1S/C32H27FN4O3/c33-24-8-5-20(6-9-24)22-11-23-14-35-37(15-25-10-7-21-3-1-2-4-27(21)36-25)29(23)26(12-22)30(40)34-19-32-16-31(17-32,18-32)13-28(38)39/h1-12,14H,13,15-19H2,(H,34,40)(H,38,39). The van der Waals surface area contributed by atoms with Crippen LogP contribution < -0.4 is 5.32 Å². The summed E-state index contributed by atoms with van der Waals surface area (Å²) in [6, 6.07) is 21.9. The highest BCUT2D eigenvalue weighted by Gasteiger charge is 2.67. The highest BCUT2D eigenvalue weighted by atomic mass is 19.1. The van der Waals surface area contributed by atoms with E-state index in [1.807, 2.05) is 48.5 Å². The summed E-state index contributed by atoms with van der Waals surface area (Å²) in [5.41, 5.74) is 4.43. The van der Waals surface area contributed by atoms with E-state index >= 15 is 0 Å². The van der Waals surface area contributed by atoms with Crippen LogP contribution in [0.1, 0.15) is 41.7 Å². The van der Waals surface area contributed by atoms with Crippen molar-refractivity contribution in [2.45, 2.75) is 32.2 Å². The average Bonchev–Trinajstić information content (AvgIpc) is 3.31. The van der Waals surface area contributed by atoms with Gasteiger partial charge in [0, 0.05) is 17.3 Å². The van der Waals surface area contributed by atoms with Crippen LogP contribution in [-0.2, 0) is 11.3 Å². The predicted octanol–water partition coefficient (Wildman–Crippen LogP) is 5.81. The van der Waals surface area contributed by atoms with Crippen molar-refractivity contribution >= 4 is 33.7 Å². The van der Waals surface area contributed by atoms with E-state index in [9.17, 15) is 19.1 Å². The summed E-state index contributed by atoms with van der Waals surface area (Å²) in [6.07, 6.45) is 4.46. The van der Waals surface area contributed by atoms with Gasteiger partial charge in [-0.2, -0.15) is 5.10 Å². The molecular formula is C32H27FN4O3. The summed E-state index contributed by atoms with van der Waals surface area (Å²) in [4.78, 5) is 29.7. The number of amides is 1. The van der Waals surface area contributed by atoms with Crippen LogP contribution in [0.3, 0.4) is 0 Å². The van der Waals surface area contributed by atoms with Crippen LogP contribution in [0.5, 0.6) is 0 Å². The number of carbonyl (C=O) groups excluding carboxylic acids is 1. The Morgan fingerprint density at radius 2 is 1.70 bits per heavy atom. The van der Waals surface area contributed by atoms with Gasteiger partial charge in [0.25, 0.3) is 5.91 Å². The number of aromatic nitrogens is 3. The number of hydrogen-bond donors (Lipinski definition) is 2. The molecule has 200 valence electrons. The topological polar surface area (TPSA) is 97.1 Å². The zero-order chi connectivity index (χ0) is 27.5. The Balaban J connectivity index is 1.21. The molecule has 2 bridgehead atoms. The number of benzene rings is 3. The number of fused-ring (bicyclic) bond motifs is 2. The molecule has 2 N–H and O–H groups in total. The van der Waals surface area contributed by atoms with E-state index in [1.165, 1.54) is 12.1 Å². The summed E-state index contributed by atoms with van der Waals surface area (Å²) in [6.45, 7) is 0.905. The van der Waals surface area contributed by atoms with E-state index in [0.29, 0.717) is 24.2 Å². The van der Waals surface area contributed by atoms with Crippen molar-refractivity contribution in [3.63, 3.8) is 0 Å². The number of nitrogens with zero attached hydrogens (tertiary/aromatic N) is 3. The lowest BCUT2D eigenvalue weighted by Crippen LogP contribution is -2.66. The maximum Gasteiger partial charge on any atom is 0.303 e. The van der Waals surface area contributed by atoms with Gasteiger partial charge >= 0.3 is 5.97 Å². The molecule has 3 aromatic carbocycles. The first-order valence-electron chi connectivity index (χ1n) is 13.4. The predicted molar refractivity (Wildman–Crippen MR) is 149 cm³/mol. The Morgan fingerprint density at radius 3 is 2.48 bits per heavy atom. The molecule has 3 fully saturated rings. The lowest BCUT2D eigenvalue weighted by atomic mass is 9.34. The lowest BCUT2D eigenvalue weighted by molar-refractivity contribution is -0.208. The zero-order valence-corrected chi connectivity index (χ0v) is 21.7. The third-order valence-electron chi connectivity index (χ3n) is 8.52. The van der Waals surface area contributed by atoms with Gasteiger partial charge in [-0.3, -0.25) is 19.3 Å². The number of aliphatic carboxylic acids is 1. The largest absolute Gasteiger partial charge is 0.481 e. The van der Waals surface area contributed by atoms with Gasteiger partial charge in [0.2, 0.25) is 0 Å². The molecule has 0 spiro atoms. The van der Waals surface area contributed by atoms with Crippen LogP contribution in [0, 0.1) is 16.6 Å². The van der Waals surface area contributed by atoms with Crippen LogP contribution >= 0.6 is 0 Å². The second-order valence-electron chi connectivity index (χ2n) is 11.5. The third-order valence-corrected chi connectivity index (χ3v) is 8.52. The van der Waals surface area contributed by atoms with Crippen LogP contribution in [0.2, 0.25) is 0 Å². The second-order valence-corrected chi connectivity index (χ2v) is 11.5. The Hall–Kier alpha value is -4.59. The summed E-state index contributed by atoms with van der Waals surface area (Å²) >= 11 is 0. The lowest BCUT2D eigenvalue weighted by Gasteiger charge is -2.70. The first-order chi connectivity index (χ1) is 19.3. The minimum Gasteiger partial charge on any atom is -0.481 e. The van der Waals surface area contributed by atoms with Crippen molar-refractivity contribution in [2.24, 2.45) is 10.8 Å². The van der Waals surface area contributed by atoms with Gasteiger partial charge in [-0.25, -0.2) is 4.39 Å². The molecule has 8 rings (SSSR count). The molecule has 0 radical (unpaired) electrons. The van der Waals surface area contributed by atoms with Crippen molar-refractivity contribution in [3.8, 4) is 11.1 Å². The Kier molecular flexibility index (Phi) is 5.49. The Morgan fingerprint density at radius 1 is 0.925 bits per heavy atom. The number of rotatable bonds is 8. The fourth-order valence-corrected chi connectivity index (χ4v) is 6.97. The monoisotopic (exact) mass is 534 g/mol. The molecule has 3 aliphatic carbocycles. The average molecular weight is 535 g/mol. The molecular weight excluding hydrogens is 507 g/mol. The van der Waals surface area contributed by atoms with E-state index in [0.717, 1.165) is 52.4 Å². The molecule has 40 heavy (non-hydrogen) atoms. The molecule has 0 unspecified atom stereocenters. The minimum absolute atomic E-state index is 0.00590. The maximum absolute atomic E-state index is 13.7. The van der Waals surface area contributed by atoms with Crippen LogP contribution in [-0.4, -0.2) is 38.3 Å². The number of halogens is 1. The van der Waals surface area contributed by atoms with Gasteiger partial charge in [0.05, 0.1) is 41.5 Å². The van der Waals surface area contributed by atoms with Gasteiger partial charge in [0.15, 0.2) is 0 Å². The fraction of sp³-hybridized carbons (Fsp3) is 0.250. The molecule has 2 aromatic heterocycles. The van der Waals surface area contributed by atoms with E-state index in [1.54, 1.807) is 23.0 Å². The smallest absolute Gasteiger partial charge is 0.303 e. The molecule has 0 aliphatic heterocycles. The van der Waals surface area contributed by atoms with Gasteiger partial charge < -0.3 is 10.4 Å². The van der Waals surface area contributed by atoms with Crippen molar-refractivity contribution < 1.29 is 19.1 Å². The zero-order valence-electron chi connectivity index (χ0n) is 21.7. The molecule has 8 heteroatoms. The Bertz CT molecular complexity index is 1790. The highest BCUT2D eigenvalue weighted by Crippen LogP contribution is 2.74. The van der Waals surface area contributed by atoms with Gasteiger partial charge in [-0.05, 0) is 77.6 Å². The van der Waals surface area contributed by atoms with E-state index in [4.69, 9.17) is 4.98 Å². The number of pyridine rings is 1. The minimum atomic E-state index is -0.758. The van der Waals surface area contributed by atoms with Crippen LogP contribution in [0.4, 0.5) is 4.39 Å². The van der Waals surface area contributed by atoms with Crippen LogP contribution in [0.15, 0.2) is 79.0 Å². The summed E-state index contributed by atoms with van der Waals surface area (Å²) in [5, 5.41) is 18.8. The molecule has 0 atom stereocenters. The second kappa shape index (κ2) is 8.98. The molecule has 2 heterocycles. The van der Waals surface area contributed by atoms with E-state index in [-0.39, 0.29) is 29.0 Å². The van der Waals surface area contributed by atoms with Crippen LogP contribution in [0.25, 0.3) is 32.9 Å². The molecule has 7 nitrogen and oxygen atoms in total. The summed E-state index contributed by atoms with van der Waals surface area (Å²) in [7, 11) is 0. The third kappa shape index (κ3) is 4.20. The maximum atomic E-state index is 13.7. The number of carboxylic acids is 1. The molecule has 3 saturated carbocycles. The van der Waals surface area contributed by atoms with E-state index in [2.05, 4.69) is 10.4 Å².